The van der Waals surface area contributed by atoms with Crippen molar-refractivity contribution in [2.24, 2.45) is 27.7 Å². The fourth-order valence-electron chi connectivity index (χ4n) is 6.04. The fraction of sp³-hybridized carbons (Fsp3) is 0.583. The minimum atomic E-state index is -1.09. The van der Waals surface area contributed by atoms with E-state index < -0.39 is 23.8 Å². The van der Waals surface area contributed by atoms with Crippen LogP contribution in [0.15, 0.2) is 17.1 Å². The average Bonchev–Trinajstić information content (AvgIpc) is 2.96. The summed E-state index contributed by atoms with van der Waals surface area (Å²) in [7, 11) is 0. The molecule has 4 atom stereocenters. The number of benzene rings is 1. The molecule has 4 amide bonds. The lowest BCUT2D eigenvalue weighted by Gasteiger charge is -2.37. The van der Waals surface area contributed by atoms with Crippen molar-refractivity contribution >= 4 is 29.7 Å². The van der Waals surface area contributed by atoms with Gasteiger partial charge in [0.05, 0.1) is 11.7 Å². The number of urea groups is 1. The lowest BCUT2D eigenvalue weighted by Crippen LogP contribution is -2.59. The Morgan fingerprint density at radius 2 is 1.73 bits per heavy atom. The number of rotatable bonds is 3. The van der Waals surface area contributed by atoms with Crippen molar-refractivity contribution in [3.8, 4) is 0 Å². The normalized spacial score (nSPS) is 32.9. The number of aryl methyl sites for hydroxylation is 3. The number of nitrogens with one attached hydrogen (secondary N) is 1. The number of hydrogen-bond acceptors (Lipinski definition) is 4. The second kappa shape index (κ2) is 6.76. The second-order valence-corrected chi connectivity index (χ2v) is 10.1. The van der Waals surface area contributed by atoms with E-state index in [0.29, 0.717) is 11.6 Å². The van der Waals surface area contributed by atoms with Gasteiger partial charge in [-0.15, -0.1) is 0 Å². The van der Waals surface area contributed by atoms with Crippen LogP contribution in [0.4, 0.5) is 10.5 Å². The number of carbonyl (C=O) groups excluding carboxylic acids is 3. The predicted molar refractivity (Wildman–Crippen MR) is 117 cm³/mol. The van der Waals surface area contributed by atoms with Crippen LogP contribution >= 0.6 is 0 Å². The number of nitrogens with zero attached hydrogens (tertiary/aromatic N) is 2. The Balaban J connectivity index is 1.64. The van der Waals surface area contributed by atoms with Crippen molar-refractivity contribution in [2.45, 2.75) is 66.8 Å². The summed E-state index contributed by atoms with van der Waals surface area (Å²) < 4.78 is 0. The van der Waals surface area contributed by atoms with Gasteiger partial charge in [0.15, 0.2) is 5.92 Å². The maximum atomic E-state index is 13.3. The van der Waals surface area contributed by atoms with Crippen LogP contribution in [0.5, 0.6) is 0 Å². The fourth-order valence-corrected chi connectivity index (χ4v) is 6.04. The number of hydrogen-bond donors (Lipinski definition) is 1. The van der Waals surface area contributed by atoms with E-state index in [4.69, 9.17) is 4.99 Å². The molecule has 160 valence electrons. The molecule has 6 heteroatoms. The quantitative estimate of drug-likeness (QED) is 0.603. The Hall–Kier alpha value is -2.50. The molecule has 0 aromatic heterocycles. The van der Waals surface area contributed by atoms with E-state index in [0.717, 1.165) is 34.4 Å². The number of imide groups is 2. The van der Waals surface area contributed by atoms with Gasteiger partial charge in [0.25, 0.3) is 5.91 Å². The molecule has 1 N–H and O–H groups in total. The monoisotopic (exact) mass is 409 g/mol. The first-order chi connectivity index (χ1) is 14.0. The van der Waals surface area contributed by atoms with Gasteiger partial charge < -0.3 is 0 Å². The summed E-state index contributed by atoms with van der Waals surface area (Å²) in [6.07, 6.45) is 4.81. The van der Waals surface area contributed by atoms with Gasteiger partial charge in [0, 0.05) is 6.21 Å². The molecular formula is C24H31N3O3. The predicted octanol–water partition coefficient (Wildman–Crippen LogP) is 4.10. The van der Waals surface area contributed by atoms with E-state index in [-0.39, 0.29) is 16.9 Å². The first-order valence-corrected chi connectivity index (χ1v) is 10.8. The highest BCUT2D eigenvalue weighted by Gasteiger charge is 2.61. The SMILES string of the molecule is Cc1cc(C)c(N2C(=O)NC(=O)[C@@H](C=N[C@@H]3C[C@@H]4CC[C@]3(C)C4(C)C)C2=O)c(C)c1. The highest BCUT2D eigenvalue weighted by Crippen LogP contribution is 2.66. The maximum absolute atomic E-state index is 13.3. The van der Waals surface area contributed by atoms with Gasteiger partial charge in [-0.3, -0.25) is 19.9 Å². The molecule has 1 heterocycles. The van der Waals surface area contributed by atoms with Gasteiger partial charge in [-0.1, -0.05) is 38.5 Å². The lowest BCUT2D eigenvalue weighted by molar-refractivity contribution is -0.131. The summed E-state index contributed by atoms with van der Waals surface area (Å²) in [5, 5.41) is 2.35. The Morgan fingerprint density at radius 3 is 2.27 bits per heavy atom. The molecule has 2 bridgehead atoms. The summed E-state index contributed by atoms with van der Waals surface area (Å²) in [5.74, 6) is -1.60. The summed E-state index contributed by atoms with van der Waals surface area (Å²) in [5.41, 5.74) is 3.52. The van der Waals surface area contributed by atoms with Crippen LogP contribution in [-0.2, 0) is 9.59 Å². The van der Waals surface area contributed by atoms with E-state index in [2.05, 4.69) is 26.1 Å². The van der Waals surface area contributed by atoms with E-state index in [9.17, 15) is 14.4 Å². The van der Waals surface area contributed by atoms with Crippen molar-refractivity contribution in [1.82, 2.24) is 5.32 Å². The van der Waals surface area contributed by atoms with Gasteiger partial charge in [-0.05, 0) is 67.9 Å². The third kappa shape index (κ3) is 2.83. The highest BCUT2D eigenvalue weighted by atomic mass is 16.2. The standard InChI is InChI=1S/C24H31N3O3/c1-13-9-14(2)19(15(3)10-13)27-21(29)17(20(28)26-22(27)30)12-25-18-11-16-7-8-24(18,6)23(16,4)5/h9-10,12,16-18H,7-8,11H2,1-6H3,(H,26,28,30)/t16-,17+,18+,24-/m0/s1. The smallest absolute Gasteiger partial charge is 0.292 e. The van der Waals surface area contributed by atoms with Crippen LogP contribution in [0.2, 0.25) is 0 Å². The van der Waals surface area contributed by atoms with Crippen LogP contribution in [0.25, 0.3) is 0 Å². The number of barbiturate groups is 1. The molecule has 3 fully saturated rings. The van der Waals surface area contributed by atoms with Crippen molar-refractivity contribution in [2.75, 3.05) is 4.90 Å². The number of aliphatic imine (C=N–C) groups is 1. The third-order valence-electron chi connectivity index (χ3n) is 8.22. The summed E-state index contributed by atoms with van der Waals surface area (Å²) in [4.78, 5) is 44.2. The van der Waals surface area contributed by atoms with Gasteiger partial charge in [0.1, 0.15) is 0 Å². The molecule has 2 aliphatic carbocycles. The molecule has 0 unspecified atom stereocenters. The molecule has 1 aromatic rings. The molecule has 1 aromatic carbocycles. The first-order valence-electron chi connectivity index (χ1n) is 10.8. The number of carbonyl (C=O) groups is 3. The van der Waals surface area contributed by atoms with E-state index in [1.165, 1.54) is 12.6 Å². The van der Waals surface area contributed by atoms with E-state index in [1.807, 2.05) is 32.9 Å². The van der Waals surface area contributed by atoms with Crippen molar-refractivity contribution in [3.05, 3.63) is 28.8 Å². The van der Waals surface area contributed by atoms with Crippen LogP contribution in [0, 0.1) is 43.4 Å². The molecule has 30 heavy (non-hydrogen) atoms. The molecule has 0 spiro atoms. The van der Waals surface area contributed by atoms with Crippen molar-refractivity contribution in [3.63, 3.8) is 0 Å². The third-order valence-corrected chi connectivity index (χ3v) is 8.22. The Labute approximate surface area is 178 Å². The van der Waals surface area contributed by atoms with Gasteiger partial charge >= 0.3 is 6.03 Å². The largest absolute Gasteiger partial charge is 0.335 e. The van der Waals surface area contributed by atoms with Crippen LogP contribution < -0.4 is 10.2 Å². The Kier molecular flexibility index (Phi) is 4.68. The van der Waals surface area contributed by atoms with Crippen LogP contribution in [0.1, 0.15) is 56.7 Å². The number of amides is 4. The second-order valence-electron chi connectivity index (χ2n) is 10.1. The molecular weight excluding hydrogens is 378 g/mol. The van der Waals surface area contributed by atoms with Gasteiger partial charge in [0.2, 0.25) is 5.91 Å². The maximum Gasteiger partial charge on any atom is 0.335 e. The van der Waals surface area contributed by atoms with Gasteiger partial charge in [-0.2, -0.15) is 0 Å². The molecule has 1 aliphatic heterocycles. The topological polar surface area (TPSA) is 78.8 Å². The zero-order valence-electron chi connectivity index (χ0n) is 18.7. The molecule has 4 rings (SSSR count). The van der Waals surface area contributed by atoms with E-state index >= 15 is 0 Å². The number of fused-ring (bicyclic) bond motifs is 2. The van der Waals surface area contributed by atoms with Crippen LogP contribution in [0.3, 0.4) is 0 Å². The highest BCUT2D eigenvalue weighted by molar-refractivity contribution is 6.33. The molecule has 6 nitrogen and oxygen atoms in total. The minimum absolute atomic E-state index is 0.0714. The Bertz CT molecular complexity index is 957. The summed E-state index contributed by atoms with van der Waals surface area (Å²) >= 11 is 0. The average molecular weight is 410 g/mol. The zero-order valence-corrected chi connectivity index (χ0v) is 18.7. The molecule has 1 saturated heterocycles. The van der Waals surface area contributed by atoms with Crippen molar-refractivity contribution in [1.29, 1.82) is 0 Å². The van der Waals surface area contributed by atoms with Gasteiger partial charge in [-0.25, -0.2) is 9.69 Å². The molecule has 2 saturated carbocycles. The minimum Gasteiger partial charge on any atom is -0.292 e. The number of anilines is 1. The molecule has 3 aliphatic rings. The van der Waals surface area contributed by atoms with Crippen molar-refractivity contribution < 1.29 is 14.4 Å². The Morgan fingerprint density at radius 1 is 1.10 bits per heavy atom. The summed E-state index contributed by atoms with van der Waals surface area (Å²) in [6.45, 7) is 12.6. The summed E-state index contributed by atoms with van der Waals surface area (Å²) in [6, 6.07) is 3.26. The lowest BCUT2D eigenvalue weighted by atomic mass is 9.69. The first kappa shape index (κ1) is 20.8. The van der Waals surface area contributed by atoms with Crippen LogP contribution in [-0.4, -0.2) is 30.1 Å². The zero-order chi connectivity index (χ0) is 22.0. The van der Waals surface area contributed by atoms with E-state index in [1.54, 1.807) is 0 Å². The molecule has 0 radical (unpaired) electrons.